The van der Waals surface area contributed by atoms with Gasteiger partial charge in [-0.15, -0.1) is 23.7 Å². The SMILES string of the molecule is Cc1sc(N)nc1CC(=O)O.Cl. The summed E-state index contributed by atoms with van der Waals surface area (Å²) in [7, 11) is 0. The van der Waals surface area contributed by atoms with E-state index >= 15 is 0 Å². The molecule has 0 saturated carbocycles. The molecule has 0 spiro atoms. The van der Waals surface area contributed by atoms with Crippen LogP contribution in [0.4, 0.5) is 5.13 Å². The third-order valence-electron chi connectivity index (χ3n) is 1.23. The van der Waals surface area contributed by atoms with Crippen LogP contribution in [-0.2, 0) is 11.2 Å². The molecule has 4 nitrogen and oxygen atoms in total. The van der Waals surface area contributed by atoms with Gasteiger partial charge in [-0.1, -0.05) is 0 Å². The van der Waals surface area contributed by atoms with E-state index in [0.29, 0.717) is 10.8 Å². The van der Waals surface area contributed by atoms with Crippen molar-refractivity contribution in [2.75, 3.05) is 5.73 Å². The van der Waals surface area contributed by atoms with E-state index < -0.39 is 5.97 Å². The molecular weight excluding hydrogens is 200 g/mol. The Morgan fingerprint density at radius 3 is 2.67 bits per heavy atom. The molecule has 0 bridgehead atoms. The van der Waals surface area contributed by atoms with E-state index in [1.165, 1.54) is 11.3 Å². The quantitative estimate of drug-likeness (QED) is 0.763. The molecular formula is C6H9ClN2O2S. The Balaban J connectivity index is 0.00000121. The minimum Gasteiger partial charge on any atom is -0.481 e. The van der Waals surface area contributed by atoms with Crippen molar-refractivity contribution in [1.82, 2.24) is 4.98 Å². The Hall–Kier alpha value is -0.810. The third-order valence-corrected chi connectivity index (χ3v) is 2.07. The van der Waals surface area contributed by atoms with Crippen molar-refractivity contribution in [3.63, 3.8) is 0 Å². The van der Waals surface area contributed by atoms with Gasteiger partial charge >= 0.3 is 5.97 Å². The number of halogens is 1. The first-order valence-electron chi connectivity index (χ1n) is 3.03. The van der Waals surface area contributed by atoms with Gasteiger partial charge in [-0.2, -0.15) is 0 Å². The van der Waals surface area contributed by atoms with Crippen molar-refractivity contribution >= 4 is 34.8 Å². The number of aryl methyl sites for hydroxylation is 1. The molecule has 1 rings (SSSR count). The van der Waals surface area contributed by atoms with Gasteiger partial charge in [0.25, 0.3) is 0 Å². The van der Waals surface area contributed by atoms with E-state index in [1.54, 1.807) is 0 Å². The van der Waals surface area contributed by atoms with Gasteiger partial charge in [0, 0.05) is 4.88 Å². The fraction of sp³-hybridized carbons (Fsp3) is 0.333. The van der Waals surface area contributed by atoms with Crippen LogP contribution < -0.4 is 5.73 Å². The summed E-state index contributed by atoms with van der Waals surface area (Å²) in [4.78, 5) is 15.0. The molecule has 6 heteroatoms. The van der Waals surface area contributed by atoms with Gasteiger partial charge in [-0.3, -0.25) is 4.79 Å². The van der Waals surface area contributed by atoms with Crippen LogP contribution in [0.15, 0.2) is 0 Å². The molecule has 0 atom stereocenters. The minimum absolute atomic E-state index is 0. The molecule has 3 N–H and O–H groups in total. The Morgan fingerprint density at radius 2 is 2.33 bits per heavy atom. The summed E-state index contributed by atoms with van der Waals surface area (Å²) in [6.45, 7) is 1.81. The Labute approximate surface area is 79.8 Å². The molecule has 1 heterocycles. The molecule has 0 fully saturated rings. The standard InChI is InChI=1S/C6H8N2O2S.ClH/c1-3-4(2-5(9)10)8-6(7)11-3;/h2H2,1H3,(H2,7,8)(H,9,10);1H. The lowest BCUT2D eigenvalue weighted by Crippen LogP contribution is -2.01. The summed E-state index contributed by atoms with van der Waals surface area (Å²) >= 11 is 1.31. The van der Waals surface area contributed by atoms with Crippen molar-refractivity contribution in [2.24, 2.45) is 0 Å². The Kier molecular flexibility index (Phi) is 3.99. The number of anilines is 1. The number of nitrogen functional groups attached to an aromatic ring is 1. The van der Waals surface area contributed by atoms with Crippen LogP contribution in [-0.4, -0.2) is 16.1 Å². The van der Waals surface area contributed by atoms with E-state index in [2.05, 4.69) is 4.98 Å². The van der Waals surface area contributed by atoms with Crippen LogP contribution >= 0.6 is 23.7 Å². The lowest BCUT2D eigenvalue weighted by atomic mass is 10.3. The maximum absolute atomic E-state index is 10.3. The lowest BCUT2D eigenvalue weighted by molar-refractivity contribution is -0.136. The molecule has 0 aliphatic rings. The van der Waals surface area contributed by atoms with Gasteiger partial charge < -0.3 is 10.8 Å². The van der Waals surface area contributed by atoms with Crippen molar-refractivity contribution in [1.29, 1.82) is 0 Å². The molecule has 12 heavy (non-hydrogen) atoms. The van der Waals surface area contributed by atoms with E-state index in [1.807, 2.05) is 6.92 Å². The lowest BCUT2D eigenvalue weighted by Gasteiger charge is -1.89. The highest BCUT2D eigenvalue weighted by atomic mass is 35.5. The van der Waals surface area contributed by atoms with Crippen molar-refractivity contribution in [3.05, 3.63) is 10.6 Å². The van der Waals surface area contributed by atoms with Gasteiger partial charge in [0.15, 0.2) is 5.13 Å². The number of aromatic nitrogens is 1. The monoisotopic (exact) mass is 208 g/mol. The zero-order chi connectivity index (χ0) is 8.43. The highest BCUT2D eigenvalue weighted by Crippen LogP contribution is 2.18. The number of hydrogen-bond donors (Lipinski definition) is 2. The zero-order valence-electron chi connectivity index (χ0n) is 6.40. The molecule has 0 aliphatic carbocycles. The van der Waals surface area contributed by atoms with Crippen LogP contribution in [0.1, 0.15) is 10.6 Å². The molecule has 1 aromatic heterocycles. The molecule has 0 aliphatic heterocycles. The first-order valence-corrected chi connectivity index (χ1v) is 3.85. The molecule has 0 aromatic carbocycles. The van der Waals surface area contributed by atoms with Crippen LogP contribution in [0.25, 0.3) is 0 Å². The van der Waals surface area contributed by atoms with Crippen molar-refractivity contribution in [2.45, 2.75) is 13.3 Å². The number of aliphatic carboxylic acids is 1. The van der Waals surface area contributed by atoms with Gasteiger partial charge in [0.05, 0.1) is 12.1 Å². The third kappa shape index (κ3) is 2.67. The van der Waals surface area contributed by atoms with E-state index in [4.69, 9.17) is 10.8 Å². The average molecular weight is 209 g/mol. The summed E-state index contributed by atoms with van der Waals surface area (Å²) in [6, 6.07) is 0. The number of thiazole rings is 1. The fourth-order valence-corrected chi connectivity index (χ4v) is 1.46. The Bertz CT molecular complexity index is 287. The predicted octanol–water partition coefficient (Wildman–Crippen LogP) is 1.08. The maximum atomic E-state index is 10.3. The summed E-state index contributed by atoms with van der Waals surface area (Å²) in [5, 5.41) is 8.85. The van der Waals surface area contributed by atoms with Crippen LogP contribution in [0.5, 0.6) is 0 Å². The van der Waals surface area contributed by atoms with Gasteiger partial charge in [0.2, 0.25) is 0 Å². The van der Waals surface area contributed by atoms with Crippen LogP contribution in [0.2, 0.25) is 0 Å². The average Bonchev–Trinajstić information content (AvgIpc) is 2.09. The molecule has 0 radical (unpaired) electrons. The van der Waals surface area contributed by atoms with Gasteiger partial charge in [0.1, 0.15) is 0 Å². The predicted molar refractivity (Wildman–Crippen MR) is 49.9 cm³/mol. The molecule has 0 saturated heterocycles. The number of carboxylic acids is 1. The minimum atomic E-state index is -0.876. The largest absolute Gasteiger partial charge is 0.481 e. The van der Waals surface area contributed by atoms with Crippen LogP contribution in [0, 0.1) is 6.92 Å². The Morgan fingerprint density at radius 1 is 1.75 bits per heavy atom. The molecule has 68 valence electrons. The summed E-state index contributed by atoms with van der Waals surface area (Å²) < 4.78 is 0. The van der Waals surface area contributed by atoms with Crippen LogP contribution in [0.3, 0.4) is 0 Å². The van der Waals surface area contributed by atoms with E-state index in [0.717, 1.165) is 4.88 Å². The highest BCUT2D eigenvalue weighted by Gasteiger charge is 2.08. The second-order valence-corrected chi connectivity index (χ2v) is 3.36. The number of carboxylic acid groups (broad SMARTS) is 1. The normalized spacial score (nSPS) is 9.08. The summed E-state index contributed by atoms with van der Waals surface area (Å²) in [5.74, 6) is -0.876. The van der Waals surface area contributed by atoms with E-state index in [-0.39, 0.29) is 18.8 Å². The fourth-order valence-electron chi connectivity index (χ4n) is 0.758. The number of rotatable bonds is 2. The topological polar surface area (TPSA) is 76.2 Å². The second kappa shape index (κ2) is 4.27. The summed E-state index contributed by atoms with van der Waals surface area (Å²) in [6.07, 6.45) is -0.0421. The summed E-state index contributed by atoms with van der Waals surface area (Å²) in [5.41, 5.74) is 5.94. The van der Waals surface area contributed by atoms with Gasteiger partial charge in [-0.25, -0.2) is 4.98 Å². The maximum Gasteiger partial charge on any atom is 0.309 e. The smallest absolute Gasteiger partial charge is 0.309 e. The molecule has 0 unspecified atom stereocenters. The number of nitrogens with zero attached hydrogens (tertiary/aromatic N) is 1. The highest BCUT2D eigenvalue weighted by molar-refractivity contribution is 7.15. The number of nitrogens with two attached hydrogens (primary N) is 1. The van der Waals surface area contributed by atoms with Crippen molar-refractivity contribution < 1.29 is 9.90 Å². The van der Waals surface area contributed by atoms with Crippen molar-refractivity contribution in [3.8, 4) is 0 Å². The zero-order valence-corrected chi connectivity index (χ0v) is 8.04. The number of hydrogen-bond acceptors (Lipinski definition) is 4. The molecule has 1 aromatic rings. The first kappa shape index (κ1) is 11.2. The number of carbonyl (C=O) groups is 1. The molecule has 0 amide bonds. The van der Waals surface area contributed by atoms with E-state index in [9.17, 15) is 4.79 Å². The second-order valence-electron chi connectivity index (χ2n) is 2.13. The first-order chi connectivity index (χ1) is 5.09. The van der Waals surface area contributed by atoms with Gasteiger partial charge in [-0.05, 0) is 6.92 Å².